The number of hydrogen-bond acceptors (Lipinski definition) is 4. The van der Waals surface area contributed by atoms with Crippen molar-refractivity contribution in [3.8, 4) is 0 Å². The lowest BCUT2D eigenvalue weighted by atomic mass is 10.2. The van der Waals surface area contributed by atoms with Crippen LogP contribution in [0, 0.1) is 0 Å². The lowest BCUT2D eigenvalue weighted by molar-refractivity contribution is 0.0248. The van der Waals surface area contributed by atoms with Gasteiger partial charge in [0.2, 0.25) is 0 Å². The molecule has 0 bridgehead atoms. The molecule has 0 radical (unpaired) electrons. The molecule has 2 N–H and O–H groups in total. The summed E-state index contributed by atoms with van der Waals surface area (Å²) in [5.74, 6) is 0. The molecule has 2 aromatic heterocycles. The molecule has 3 heterocycles. The van der Waals surface area contributed by atoms with Gasteiger partial charge in [0.1, 0.15) is 6.10 Å². The van der Waals surface area contributed by atoms with Crippen LogP contribution in [0.3, 0.4) is 0 Å². The highest BCUT2D eigenvalue weighted by Crippen LogP contribution is 2.17. The number of aromatic amines is 1. The summed E-state index contributed by atoms with van der Waals surface area (Å²) in [4.78, 5) is 15.6. The second-order valence-electron chi connectivity index (χ2n) is 3.75. The molecule has 1 aliphatic heterocycles. The highest BCUT2D eigenvalue weighted by Gasteiger charge is 2.18. The SMILES string of the molecule is O=c1ccnc2cc(C3CNCCO3)[nH]n12. The first-order valence-electron chi connectivity index (χ1n) is 5.23. The van der Waals surface area contributed by atoms with Crippen molar-refractivity contribution in [3.05, 3.63) is 34.4 Å². The molecule has 1 unspecified atom stereocenters. The van der Waals surface area contributed by atoms with Gasteiger partial charge in [0.05, 0.1) is 12.3 Å². The molecule has 6 nitrogen and oxygen atoms in total. The van der Waals surface area contributed by atoms with Gasteiger partial charge in [-0.25, -0.2) is 9.50 Å². The molecule has 0 amide bonds. The van der Waals surface area contributed by atoms with Crippen LogP contribution in [0.15, 0.2) is 23.1 Å². The van der Waals surface area contributed by atoms with Crippen molar-refractivity contribution in [3.63, 3.8) is 0 Å². The summed E-state index contributed by atoms with van der Waals surface area (Å²) in [6, 6.07) is 3.27. The number of ether oxygens (including phenoxy) is 1. The zero-order valence-corrected chi connectivity index (χ0v) is 8.64. The Hall–Kier alpha value is -1.66. The van der Waals surface area contributed by atoms with Crippen molar-refractivity contribution in [2.24, 2.45) is 0 Å². The van der Waals surface area contributed by atoms with E-state index in [0.29, 0.717) is 12.3 Å². The molecule has 1 saturated heterocycles. The van der Waals surface area contributed by atoms with Gasteiger partial charge in [0.15, 0.2) is 5.65 Å². The molecular formula is C10H12N4O2. The molecule has 0 spiro atoms. The lowest BCUT2D eigenvalue weighted by Gasteiger charge is -2.22. The van der Waals surface area contributed by atoms with Crippen LogP contribution in [-0.2, 0) is 4.74 Å². The smallest absolute Gasteiger partial charge is 0.272 e. The van der Waals surface area contributed by atoms with E-state index in [1.165, 1.54) is 16.8 Å². The molecular weight excluding hydrogens is 208 g/mol. The number of H-pyrrole nitrogens is 1. The normalized spacial score (nSPS) is 21.4. The number of fused-ring (bicyclic) bond motifs is 1. The van der Waals surface area contributed by atoms with Crippen molar-refractivity contribution in [2.45, 2.75) is 6.10 Å². The molecule has 1 fully saturated rings. The summed E-state index contributed by atoms with van der Waals surface area (Å²) in [6.07, 6.45) is 1.48. The first-order valence-corrected chi connectivity index (χ1v) is 5.23. The number of morpholine rings is 1. The number of rotatable bonds is 1. The number of hydrogen-bond donors (Lipinski definition) is 2. The molecule has 1 atom stereocenters. The molecule has 0 aliphatic carbocycles. The van der Waals surface area contributed by atoms with Gasteiger partial charge in [-0.3, -0.25) is 9.89 Å². The van der Waals surface area contributed by atoms with Crippen molar-refractivity contribution >= 4 is 5.65 Å². The first kappa shape index (κ1) is 9.56. The van der Waals surface area contributed by atoms with Gasteiger partial charge in [-0.2, -0.15) is 0 Å². The molecule has 0 saturated carbocycles. The van der Waals surface area contributed by atoms with Crippen LogP contribution in [0.25, 0.3) is 5.65 Å². The maximum absolute atomic E-state index is 11.5. The Morgan fingerprint density at radius 3 is 3.25 bits per heavy atom. The van der Waals surface area contributed by atoms with Gasteiger partial charge in [-0.15, -0.1) is 0 Å². The lowest BCUT2D eigenvalue weighted by Crippen LogP contribution is -2.33. The van der Waals surface area contributed by atoms with E-state index in [2.05, 4.69) is 15.4 Å². The summed E-state index contributed by atoms with van der Waals surface area (Å²) >= 11 is 0. The van der Waals surface area contributed by atoms with Gasteiger partial charge in [-0.05, 0) is 0 Å². The standard InChI is InChI=1S/C10H12N4O2/c15-10-1-2-12-9-5-7(13-14(9)10)8-6-11-3-4-16-8/h1-2,5,8,11,13H,3-4,6H2. The van der Waals surface area contributed by atoms with E-state index in [0.717, 1.165) is 18.8 Å². The summed E-state index contributed by atoms with van der Waals surface area (Å²) in [5, 5.41) is 6.25. The van der Waals surface area contributed by atoms with Gasteiger partial charge in [-0.1, -0.05) is 0 Å². The third-order valence-corrected chi connectivity index (χ3v) is 2.67. The second-order valence-corrected chi connectivity index (χ2v) is 3.75. The zero-order chi connectivity index (χ0) is 11.0. The van der Waals surface area contributed by atoms with E-state index in [-0.39, 0.29) is 11.7 Å². The molecule has 2 aromatic rings. The second kappa shape index (κ2) is 3.73. The van der Waals surface area contributed by atoms with Crippen LogP contribution in [0.5, 0.6) is 0 Å². The average Bonchev–Trinajstić information content (AvgIpc) is 2.76. The topological polar surface area (TPSA) is 71.4 Å². The molecule has 3 rings (SSSR count). The van der Waals surface area contributed by atoms with E-state index in [1.807, 2.05) is 6.07 Å². The maximum atomic E-state index is 11.5. The van der Waals surface area contributed by atoms with Crippen LogP contribution >= 0.6 is 0 Å². The van der Waals surface area contributed by atoms with Crippen LogP contribution in [0.2, 0.25) is 0 Å². The highest BCUT2D eigenvalue weighted by molar-refractivity contribution is 5.39. The molecule has 0 aromatic carbocycles. The van der Waals surface area contributed by atoms with Crippen LogP contribution in [-0.4, -0.2) is 34.3 Å². The Morgan fingerprint density at radius 2 is 2.50 bits per heavy atom. The van der Waals surface area contributed by atoms with Crippen LogP contribution in [0.1, 0.15) is 11.8 Å². The Kier molecular flexibility index (Phi) is 2.23. The summed E-state index contributed by atoms with van der Waals surface area (Å²) in [7, 11) is 0. The fourth-order valence-corrected chi connectivity index (χ4v) is 1.87. The molecule has 16 heavy (non-hydrogen) atoms. The minimum atomic E-state index is -0.111. The van der Waals surface area contributed by atoms with Gasteiger partial charge in [0, 0.05) is 31.4 Å². The Morgan fingerprint density at radius 1 is 1.56 bits per heavy atom. The van der Waals surface area contributed by atoms with E-state index >= 15 is 0 Å². The molecule has 84 valence electrons. The van der Waals surface area contributed by atoms with E-state index < -0.39 is 0 Å². The van der Waals surface area contributed by atoms with Gasteiger partial charge in [0.25, 0.3) is 5.56 Å². The third-order valence-electron chi connectivity index (χ3n) is 2.67. The molecule has 1 aliphatic rings. The van der Waals surface area contributed by atoms with Gasteiger partial charge < -0.3 is 10.1 Å². The first-order chi connectivity index (χ1) is 7.84. The van der Waals surface area contributed by atoms with E-state index in [1.54, 1.807) is 0 Å². The van der Waals surface area contributed by atoms with E-state index in [9.17, 15) is 4.79 Å². The third kappa shape index (κ3) is 1.52. The summed E-state index contributed by atoms with van der Waals surface area (Å²) < 4.78 is 7.02. The fraction of sp³-hybridized carbons (Fsp3) is 0.400. The Balaban J connectivity index is 2.04. The predicted octanol–water partition coefficient (Wildman–Crippen LogP) is -0.317. The monoisotopic (exact) mass is 220 g/mol. The quantitative estimate of drug-likeness (QED) is 0.691. The highest BCUT2D eigenvalue weighted by atomic mass is 16.5. The predicted molar refractivity (Wildman–Crippen MR) is 57.4 cm³/mol. The largest absolute Gasteiger partial charge is 0.369 e. The minimum absolute atomic E-state index is 0.0325. The van der Waals surface area contributed by atoms with Crippen molar-refractivity contribution in [2.75, 3.05) is 19.7 Å². The average molecular weight is 220 g/mol. The van der Waals surface area contributed by atoms with Crippen molar-refractivity contribution < 1.29 is 4.74 Å². The number of aromatic nitrogens is 3. The van der Waals surface area contributed by atoms with Gasteiger partial charge >= 0.3 is 0 Å². The molecule has 6 heteroatoms. The van der Waals surface area contributed by atoms with Crippen LogP contribution < -0.4 is 10.9 Å². The Bertz CT molecular complexity index is 553. The summed E-state index contributed by atoms with van der Waals surface area (Å²) in [6.45, 7) is 2.30. The van der Waals surface area contributed by atoms with Crippen LogP contribution in [0.4, 0.5) is 0 Å². The van der Waals surface area contributed by atoms with Crippen molar-refractivity contribution in [1.29, 1.82) is 0 Å². The summed E-state index contributed by atoms with van der Waals surface area (Å²) in [5.41, 5.74) is 1.39. The maximum Gasteiger partial charge on any atom is 0.272 e. The Labute approximate surface area is 91.2 Å². The van der Waals surface area contributed by atoms with E-state index in [4.69, 9.17) is 4.74 Å². The fourth-order valence-electron chi connectivity index (χ4n) is 1.87. The zero-order valence-electron chi connectivity index (χ0n) is 8.64. The number of nitrogens with zero attached hydrogens (tertiary/aromatic N) is 2. The van der Waals surface area contributed by atoms with Crippen molar-refractivity contribution in [1.82, 2.24) is 19.9 Å². The minimum Gasteiger partial charge on any atom is -0.369 e. The number of nitrogens with one attached hydrogen (secondary N) is 2.